The van der Waals surface area contributed by atoms with Crippen LogP contribution in [-0.2, 0) is 0 Å². The van der Waals surface area contributed by atoms with Crippen LogP contribution in [0.2, 0.25) is 0 Å². The van der Waals surface area contributed by atoms with Gasteiger partial charge in [-0.25, -0.2) is 0 Å². The number of aliphatic hydroxyl groups excluding tert-OH is 1. The Morgan fingerprint density at radius 3 is 2.44 bits per heavy atom. The zero-order valence-electron chi connectivity index (χ0n) is 14.9. The zero-order valence-corrected chi connectivity index (χ0v) is 14.9. The van der Waals surface area contributed by atoms with Crippen molar-refractivity contribution in [3.63, 3.8) is 0 Å². The molecule has 1 fully saturated rings. The minimum atomic E-state index is -0.363. The van der Waals surface area contributed by atoms with E-state index < -0.39 is 0 Å². The lowest BCUT2D eigenvalue weighted by atomic mass is 9.98. The summed E-state index contributed by atoms with van der Waals surface area (Å²) in [6.07, 6.45) is 3.73. The first-order chi connectivity index (χ1) is 12.0. The number of hydrogen-bond acceptors (Lipinski definition) is 5. The van der Waals surface area contributed by atoms with Gasteiger partial charge in [0.2, 0.25) is 0 Å². The van der Waals surface area contributed by atoms with E-state index in [2.05, 4.69) is 18.7 Å². The molecule has 136 valence electrons. The van der Waals surface area contributed by atoms with Gasteiger partial charge in [0.1, 0.15) is 12.4 Å². The van der Waals surface area contributed by atoms with Gasteiger partial charge in [-0.05, 0) is 44.9 Å². The molecule has 2 unspecified atom stereocenters. The molecule has 1 aromatic carbocycles. The molecule has 0 bridgehead atoms. The summed E-state index contributed by atoms with van der Waals surface area (Å²) in [6.45, 7) is 5.70. The normalized spacial score (nSPS) is 23.9. The highest BCUT2D eigenvalue weighted by Crippen LogP contribution is 2.27. The monoisotopic (exact) mass is 346 g/mol. The molecule has 6 heteroatoms. The highest BCUT2D eigenvalue weighted by molar-refractivity contribution is 6.21. The van der Waals surface area contributed by atoms with Crippen LogP contribution in [0.1, 0.15) is 53.8 Å². The maximum atomic E-state index is 12.3. The standard InChI is InChI=1S/C19H26N2O4/c1-13-4-3-5-14(2)20(13)9-11-25-15-6-7-16-17(12-15)19(24)21(8-10-22)18(16)23/h6-7,12-14,22H,3-5,8-11H2,1-2H3. The molecule has 2 aliphatic heterocycles. The zero-order chi connectivity index (χ0) is 18.0. The number of ether oxygens (including phenoxy) is 1. The van der Waals surface area contributed by atoms with Crippen LogP contribution in [0, 0.1) is 0 Å². The van der Waals surface area contributed by atoms with Crippen molar-refractivity contribution < 1.29 is 19.4 Å². The molecule has 0 spiro atoms. The van der Waals surface area contributed by atoms with Gasteiger partial charge in [-0.15, -0.1) is 0 Å². The summed E-state index contributed by atoms with van der Waals surface area (Å²) in [6, 6.07) is 6.14. The van der Waals surface area contributed by atoms with Crippen molar-refractivity contribution in [2.24, 2.45) is 0 Å². The number of piperidine rings is 1. The molecule has 0 aromatic heterocycles. The van der Waals surface area contributed by atoms with Crippen LogP contribution in [0.25, 0.3) is 0 Å². The summed E-state index contributed by atoms with van der Waals surface area (Å²) >= 11 is 0. The summed E-state index contributed by atoms with van der Waals surface area (Å²) in [7, 11) is 0. The van der Waals surface area contributed by atoms with Crippen LogP contribution in [0.15, 0.2) is 18.2 Å². The molecular formula is C19H26N2O4. The van der Waals surface area contributed by atoms with Gasteiger partial charge in [-0.3, -0.25) is 19.4 Å². The Kier molecular flexibility index (Phi) is 5.39. The number of nitrogens with zero attached hydrogens (tertiary/aromatic N) is 2. The molecule has 6 nitrogen and oxygen atoms in total. The number of carbonyl (C=O) groups excluding carboxylic acids is 2. The summed E-state index contributed by atoms with van der Waals surface area (Å²) in [5.41, 5.74) is 0.736. The Morgan fingerprint density at radius 1 is 1.08 bits per heavy atom. The number of carbonyl (C=O) groups is 2. The van der Waals surface area contributed by atoms with E-state index in [1.54, 1.807) is 18.2 Å². The summed E-state index contributed by atoms with van der Waals surface area (Å²) in [5.74, 6) is -0.114. The highest BCUT2D eigenvalue weighted by atomic mass is 16.5. The average molecular weight is 346 g/mol. The Labute approximate surface area is 148 Å². The fourth-order valence-corrected chi connectivity index (χ4v) is 3.85. The summed E-state index contributed by atoms with van der Waals surface area (Å²) < 4.78 is 5.84. The molecule has 2 aliphatic rings. The Bertz CT molecular complexity index is 651. The minimum absolute atomic E-state index is 0.0211. The van der Waals surface area contributed by atoms with E-state index in [1.807, 2.05) is 0 Å². The Morgan fingerprint density at radius 2 is 1.76 bits per heavy atom. The Hall–Kier alpha value is -1.92. The third kappa shape index (κ3) is 3.55. The first kappa shape index (κ1) is 17.9. The van der Waals surface area contributed by atoms with E-state index in [-0.39, 0.29) is 25.0 Å². The molecule has 0 saturated carbocycles. The van der Waals surface area contributed by atoms with Gasteiger partial charge in [0.25, 0.3) is 11.8 Å². The van der Waals surface area contributed by atoms with Crippen molar-refractivity contribution in [1.82, 2.24) is 9.80 Å². The topological polar surface area (TPSA) is 70.1 Å². The van der Waals surface area contributed by atoms with E-state index in [4.69, 9.17) is 9.84 Å². The molecule has 1 N–H and O–H groups in total. The van der Waals surface area contributed by atoms with Crippen molar-refractivity contribution in [1.29, 1.82) is 0 Å². The molecule has 2 amide bonds. The van der Waals surface area contributed by atoms with E-state index in [9.17, 15) is 9.59 Å². The number of benzene rings is 1. The largest absolute Gasteiger partial charge is 0.492 e. The van der Waals surface area contributed by atoms with Crippen molar-refractivity contribution in [3.05, 3.63) is 29.3 Å². The molecular weight excluding hydrogens is 320 g/mol. The van der Waals surface area contributed by atoms with E-state index >= 15 is 0 Å². The molecule has 0 aliphatic carbocycles. The number of fused-ring (bicyclic) bond motifs is 1. The van der Waals surface area contributed by atoms with Crippen molar-refractivity contribution in [3.8, 4) is 5.75 Å². The van der Waals surface area contributed by atoms with Crippen LogP contribution in [0.5, 0.6) is 5.75 Å². The van der Waals surface area contributed by atoms with Crippen LogP contribution in [-0.4, -0.2) is 65.1 Å². The number of β-amino-alcohol motifs (C(OH)–C–C–N with tert-alkyl or cyclic N) is 1. The average Bonchev–Trinajstić information content (AvgIpc) is 2.83. The van der Waals surface area contributed by atoms with Gasteiger partial charge < -0.3 is 9.84 Å². The first-order valence-electron chi connectivity index (χ1n) is 9.02. The predicted octanol–water partition coefficient (Wildman–Crippen LogP) is 1.92. The van der Waals surface area contributed by atoms with Gasteiger partial charge in [0.05, 0.1) is 24.3 Å². The third-order valence-corrected chi connectivity index (χ3v) is 5.26. The number of aliphatic hydroxyl groups is 1. The lowest BCUT2D eigenvalue weighted by molar-refractivity contribution is 0.0624. The van der Waals surface area contributed by atoms with Gasteiger partial charge in [0.15, 0.2) is 0 Å². The fourth-order valence-electron chi connectivity index (χ4n) is 3.85. The lowest BCUT2D eigenvalue weighted by Gasteiger charge is -2.38. The second kappa shape index (κ2) is 7.54. The molecule has 25 heavy (non-hydrogen) atoms. The van der Waals surface area contributed by atoms with Crippen LogP contribution in [0.4, 0.5) is 0 Å². The summed E-state index contributed by atoms with van der Waals surface area (Å²) in [5, 5.41) is 9.00. The number of imide groups is 1. The van der Waals surface area contributed by atoms with Crippen molar-refractivity contribution in [2.45, 2.75) is 45.2 Å². The maximum Gasteiger partial charge on any atom is 0.261 e. The molecule has 0 radical (unpaired) electrons. The van der Waals surface area contributed by atoms with Gasteiger partial charge in [0, 0.05) is 18.6 Å². The number of hydrogen-bond donors (Lipinski definition) is 1. The highest BCUT2D eigenvalue weighted by Gasteiger charge is 2.35. The molecule has 1 saturated heterocycles. The van der Waals surface area contributed by atoms with E-state index in [0.29, 0.717) is 35.6 Å². The summed E-state index contributed by atoms with van der Waals surface area (Å²) in [4.78, 5) is 28.0. The molecule has 2 heterocycles. The van der Waals surface area contributed by atoms with Crippen LogP contribution < -0.4 is 4.74 Å². The van der Waals surface area contributed by atoms with Crippen LogP contribution in [0.3, 0.4) is 0 Å². The Balaban J connectivity index is 1.62. The van der Waals surface area contributed by atoms with Gasteiger partial charge in [-0.1, -0.05) is 6.42 Å². The number of likely N-dealkylation sites (tertiary alicyclic amines) is 1. The number of rotatable bonds is 6. The van der Waals surface area contributed by atoms with Crippen LogP contribution >= 0.6 is 0 Å². The lowest BCUT2D eigenvalue weighted by Crippen LogP contribution is -2.45. The second-order valence-electron chi connectivity index (χ2n) is 6.91. The molecule has 2 atom stereocenters. The van der Waals surface area contributed by atoms with Gasteiger partial charge >= 0.3 is 0 Å². The third-order valence-electron chi connectivity index (χ3n) is 5.26. The molecule has 3 rings (SSSR count). The SMILES string of the molecule is CC1CCCC(C)N1CCOc1ccc2c(c1)C(=O)N(CCO)C2=O. The predicted molar refractivity (Wildman–Crippen MR) is 93.9 cm³/mol. The fraction of sp³-hybridized carbons (Fsp3) is 0.579. The minimum Gasteiger partial charge on any atom is -0.492 e. The van der Waals surface area contributed by atoms with Crippen molar-refractivity contribution in [2.75, 3.05) is 26.3 Å². The van der Waals surface area contributed by atoms with Crippen molar-refractivity contribution >= 4 is 11.8 Å². The van der Waals surface area contributed by atoms with E-state index in [0.717, 1.165) is 11.4 Å². The van der Waals surface area contributed by atoms with E-state index in [1.165, 1.54) is 19.3 Å². The maximum absolute atomic E-state index is 12.3. The molecule has 1 aromatic rings. The van der Waals surface area contributed by atoms with Gasteiger partial charge in [-0.2, -0.15) is 0 Å². The quantitative estimate of drug-likeness (QED) is 0.797. The number of amides is 2. The smallest absolute Gasteiger partial charge is 0.261 e. The second-order valence-corrected chi connectivity index (χ2v) is 6.91. The first-order valence-corrected chi connectivity index (χ1v) is 9.02.